The molecule has 0 aromatic carbocycles. The highest BCUT2D eigenvalue weighted by Gasteiger charge is 2.39. The van der Waals surface area contributed by atoms with Crippen LogP contribution in [-0.2, 0) is 57.4 Å². The van der Waals surface area contributed by atoms with Gasteiger partial charge in [-0.05, 0) is 155 Å². The zero-order chi connectivity index (χ0) is 92.5. The number of aromatic nitrogens is 6. The molecule has 3 aromatic heterocycles. The summed E-state index contributed by atoms with van der Waals surface area (Å²) >= 11 is 6.35. The molecule has 0 bridgehead atoms. The Labute approximate surface area is 714 Å². The van der Waals surface area contributed by atoms with Gasteiger partial charge in [0.25, 0.3) is 10.1 Å². The maximum Gasteiger partial charge on any atom is 0.307 e. The number of carboxylic acid groups (broad SMARTS) is 2. The SMILES string of the molecule is C=C[C@H](C)[C@H](C)CO.C=C[C@H](C)[C@H](C)COS(C)(=O)=O.C=C[C@H](C)[C@H](C)CS(=O)(=O)c1ncccn1.C=C[C@H](C)[C@H](C)CS(N)(=O)=O.C=C[C@H](C)[C@H](C)CSc1ncccn1.C[C@H](C(=O)O)[C@@H](C)C(=O)O.C[C@H](CO)[C@@H](C)CO.C[C@H](CO[Si](C)(C)C(C)(C)C)[C@@H](C)C=O.C[C@H](CO[Si](C)(C)C(C)(C)C)[C@@H](C)CO.S=c1nccc[nH]1. The van der Waals surface area contributed by atoms with Crippen LogP contribution in [0.4, 0.5) is 0 Å². The predicted octanol–water partition coefficient (Wildman–Crippen LogP) is 16.9. The minimum Gasteiger partial charge on any atom is -0.481 e. The molecule has 18 atom stereocenters. The Morgan fingerprint density at radius 3 is 1.10 bits per heavy atom. The van der Waals surface area contributed by atoms with E-state index in [1.54, 1.807) is 66.9 Å². The summed E-state index contributed by atoms with van der Waals surface area (Å²) in [5.41, 5.74) is 0. The lowest BCUT2D eigenvalue weighted by Crippen LogP contribution is -2.42. The van der Waals surface area contributed by atoms with Crippen LogP contribution in [-0.4, -0.2) is 190 Å². The van der Waals surface area contributed by atoms with E-state index in [0.717, 1.165) is 30.1 Å². The van der Waals surface area contributed by atoms with Gasteiger partial charge in [0, 0.05) is 88.5 Å². The molecular formula is C84H159N7O18S5Si2. The molecule has 0 fully saturated rings. The number of carbonyl (C=O) groups excluding carboxylic acids is 1. The van der Waals surface area contributed by atoms with E-state index in [1.807, 2.05) is 94.4 Å². The molecule has 0 radical (unpaired) electrons. The number of hydrogen-bond acceptors (Lipinski definition) is 23. The molecule has 3 rings (SSSR count). The van der Waals surface area contributed by atoms with Gasteiger partial charge in [-0.1, -0.05) is 208 Å². The van der Waals surface area contributed by atoms with Gasteiger partial charge in [0.05, 0.1) is 36.2 Å². The second kappa shape index (κ2) is 65.8. The molecule has 0 aliphatic rings. The second-order valence-corrected chi connectivity index (χ2v) is 49.7. The minimum absolute atomic E-state index is 0.00584. The van der Waals surface area contributed by atoms with Gasteiger partial charge in [0.1, 0.15) is 6.29 Å². The third-order valence-corrected chi connectivity index (χ3v) is 34.7. The lowest BCUT2D eigenvalue weighted by atomic mass is 9.97. The number of sulfonamides is 1. The van der Waals surface area contributed by atoms with E-state index in [4.69, 9.17) is 44.6 Å². The van der Waals surface area contributed by atoms with Gasteiger partial charge in [-0.15, -0.1) is 32.9 Å². The lowest BCUT2D eigenvalue weighted by molar-refractivity contribution is -0.152. The van der Waals surface area contributed by atoms with E-state index >= 15 is 0 Å². The summed E-state index contributed by atoms with van der Waals surface area (Å²) in [5.74, 6) is 1.72. The van der Waals surface area contributed by atoms with Crippen LogP contribution in [0.2, 0.25) is 36.3 Å². The number of carbonyl (C=O) groups is 3. The van der Waals surface area contributed by atoms with Crippen molar-refractivity contribution in [1.29, 1.82) is 0 Å². The van der Waals surface area contributed by atoms with Crippen molar-refractivity contribution in [1.82, 2.24) is 29.9 Å². The number of rotatable bonds is 38. The number of thioether (sulfide) groups is 1. The molecule has 0 amide bonds. The molecule has 32 heteroatoms. The Balaban J connectivity index is -0.000000230. The van der Waals surface area contributed by atoms with Gasteiger partial charge in [-0.3, -0.25) is 13.8 Å². The van der Waals surface area contributed by atoms with Gasteiger partial charge in [0.2, 0.25) is 25.0 Å². The van der Waals surface area contributed by atoms with Crippen LogP contribution in [0.5, 0.6) is 0 Å². The molecule has 25 nitrogen and oxygen atoms in total. The summed E-state index contributed by atoms with van der Waals surface area (Å²) in [5, 5.41) is 57.5. The average molecular weight is 1770 g/mol. The first-order valence-electron chi connectivity index (χ1n) is 39.5. The number of hydrogen-bond donors (Lipinski definition) is 8. The van der Waals surface area contributed by atoms with E-state index in [1.165, 1.54) is 26.2 Å². The Morgan fingerprint density at radius 2 is 0.810 bits per heavy atom. The summed E-state index contributed by atoms with van der Waals surface area (Å²) in [6.45, 7) is 78.1. The average Bonchev–Trinajstić information content (AvgIpc) is 0.849. The lowest BCUT2D eigenvalue weighted by Gasteiger charge is -2.37. The molecular weight excluding hydrogens is 1610 g/mol. The fourth-order valence-electron chi connectivity index (χ4n) is 6.81. The van der Waals surface area contributed by atoms with Crippen molar-refractivity contribution >= 4 is 88.8 Å². The molecule has 3 heterocycles. The monoisotopic (exact) mass is 1770 g/mol. The van der Waals surface area contributed by atoms with Crippen molar-refractivity contribution in [2.24, 2.45) is 112 Å². The molecule has 3 aromatic rings. The van der Waals surface area contributed by atoms with E-state index in [-0.39, 0.29) is 113 Å². The number of aliphatic carboxylic acids is 2. The second-order valence-electron chi connectivity index (χ2n) is 33.4. The van der Waals surface area contributed by atoms with Crippen LogP contribution in [0, 0.1) is 111 Å². The first-order chi connectivity index (χ1) is 53.0. The van der Waals surface area contributed by atoms with Crippen LogP contribution < -0.4 is 5.14 Å². The van der Waals surface area contributed by atoms with E-state index in [2.05, 4.69) is 182 Å². The Morgan fingerprint density at radius 1 is 0.491 bits per heavy atom. The maximum absolute atomic E-state index is 11.9. The molecule has 0 aliphatic heterocycles. The summed E-state index contributed by atoms with van der Waals surface area (Å²) in [7, 11) is -13.3. The first kappa shape index (κ1) is 124. The molecule has 116 heavy (non-hydrogen) atoms. The molecule has 9 N–H and O–H groups in total. The molecule has 0 aliphatic carbocycles. The number of aldehydes is 1. The van der Waals surface area contributed by atoms with Crippen LogP contribution in [0.25, 0.3) is 0 Å². The Kier molecular flexibility index (Phi) is 70.5. The number of nitrogens with zero attached hydrogens (tertiary/aromatic N) is 5. The first-order valence-corrected chi connectivity index (χ1v) is 51.9. The topological polar surface area (TPSA) is 409 Å². The van der Waals surface area contributed by atoms with Gasteiger partial charge in [-0.2, -0.15) is 8.42 Å². The summed E-state index contributed by atoms with van der Waals surface area (Å²) in [6, 6.07) is 5.21. The van der Waals surface area contributed by atoms with Gasteiger partial charge < -0.3 is 49.3 Å². The van der Waals surface area contributed by atoms with Crippen molar-refractivity contribution in [3.8, 4) is 0 Å². The summed E-state index contributed by atoms with van der Waals surface area (Å²) in [6.07, 6.45) is 21.0. The van der Waals surface area contributed by atoms with E-state index < -0.39 is 70.4 Å². The van der Waals surface area contributed by atoms with Crippen LogP contribution >= 0.6 is 24.0 Å². The molecule has 0 spiro atoms. The fraction of sp³-hybridized carbons (Fsp3) is 0.702. The zero-order valence-corrected chi connectivity index (χ0v) is 82.2. The number of nitrogens with two attached hydrogens (primary N) is 1. The number of nitrogens with one attached hydrogen (secondary N) is 1. The normalized spacial score (nSPS) is 16.1. The number of sulfone groups is 1. The molecule has 0 unspecified atom stereocenters. The molecule has 0 saturated carbocycles. The highest BCUT2D eigenvalue weighted by Crippen LogP contribution is 2.38. The van der Waals surface area contributed by atoms with E-state index in [0.29, 0.717) is 52.8 Å². The zero-order valence-electron chi connectivity index (χ0n) is 76.1. The van der Waals surface area contributed by atoms with Gasteiger partial charge in [0.15, 0.2) is 26.6 Å². The van der Waals surface area contributed by atoms with Gasteiger partial charge >= 0.3 is 11.9 Å². The van der Waals surface area contributed by atoms with Crippen LogP contribution in [0.1, 0.15) is 166 Å². The van der Waals surface area contributed by atoms with Crippen molar-refractivity contribution in [3.63, 3.8) is 0 Å². The largest absolute Gasteiger partial charge is 0.481 e. The quantitative estimate of drug-likeness (QED) is 0.00502. The number of allylic oxidation sites excluding steroid dienone is 5. The highest BCUT2D eigenvalue weighted by molar-refractivity contribution is 7.99. The number of aliphatic hydroxyl groups excluding tert-OH is 4. The minimum atomic E-state index is -3.38. The molecule has 0 saturated heterocycles. The summed E-state index contributed by atoms with van der Waals surface area (Å²) < 4.78 is 83.5. The smallest absolute Gasteiger partial charge is 0.307 e. The van der Waals surface area contributed by atoms with Crippen molar-refractivity contribution in [2.45, 2.75) is 213 Å². The van der Waals surface area contributed by atoms with E-state index in [9.17, 15) is 39.6 Å². The van der Waals surface area contributed by atoms with Crippen LogP contribution in [0.3, 0.4) is 0 Å². The highest BCUT2D eigenvalue weighted by atomic mass is 32.2. The molecule has 676 valence electrons. The number of H-pyrrole nitrogens is 1. The third kappa shape index (κ3) is 64.9. The van der Waals surface area contributed by atoms with Crippen molar-refractivity contribution < 1.29 is 83.3 Å². The predicted molar refractivity (Wildman–Crippen MR) is 487 cm³/mol. The Hall–Kier alpha value is -4.92. The number of primary sulfonamides is 1. The van der Waals surface area contributed by atoms with Crippen molar-refractivity contribution in [2.75, 3.05) is 69.8 Å². The summed E-state index contributed by atoms with van der Waals surface area (Å²) in [4.78, 5) is 53.3. The number of aliphatic hydroxyl groups is 4. The number of aromatic amines is 1. The fourth-order valence-corrected chi connectivity index (χ4v) is 13.2. The standard InChI is InChI=1S/C12H28O2Si.C12H26O2Si.C11H16N2O2S.C11H16N2S.C8H16O3S.C7H15NO2S.C7H14O.C6H10O4.C6H14O2.C4H4N2S/c2*1-10(8-13)11(2)9-14-15(6,7)12(3,4)5;1-4-9(2)10(3)8-16(14,15)11-12-6-5-7-13-11;1-4-9(2)10(3)8-14-11-12-6-5-7-13-11;1-5-7(2)8(3)6-11-12(4,9)10;1-4-6(2)7(3)5-11(8,9)10;1-4-6(2)7(3)5-8;1-3(5(7)8)4(2)6(9)10;1-5(3-7)6(2)4-8;7-4-5-2-1-3-6-4/h10-11,13H,8-9H2,1-7H3;8,10-11H,9H2,1-7H3;4-7,9-10H,1,8H2,2-3H3;4-7,9-10H,1,8H2,2-3H3;5,7-8H,1,6H2,2-4H3;4,6-7H,1,5H2,2-3H3,(H2,8,9,10);4,6-8H,1,5H2,2-3H3;3-4H,1-2H3,(H,7,8)(H,9,10);5-8H,3-4H2,1-2H3;1-3H,(H,5,6,7)/t2*10-,11+;2*9-,10+;7-,8+;2*6-,7+;3-,4+;5-,6+;/m0000000.../s1. The van der Waals surface area contributed by atoms with Crippen molar-refractivity contribution in [3.05, 3.63) is 123 Å². The van der Waals surface area contributed by atoms with Gasteiger partial charge in [-0.25, -0.2) is 46.9 Å². The van der Waals surface area contributed by atoms with Crippen LogP contribution in [0.15, 0.2) is 129 Å². The maximum atomic E-state index is 11.9. The Bertz CT molecular complexity index is 3460. The third-order valence-electron chi connectivity index (χ3n) is 21.1. The number of carboxylic acids is 2.